The van der Waals surface area contributed by atoms with Gasteiger partial charge in [0.25, 0.3) is 0 Å². The number of hydrogen-bond acceptors (Lipinski definition) is 3. The van der Waals surface area contributed by atoms with Crippen LogP contribution in [0.4, 0.5) is 4.79 Å². The maximum atomic E-state index is 12.9. The summed E-state index contributed by atoms with van der Waals surface area (Å²) in [6, 6.07) is 5.61. The highest BCUT2D eigenvalue weighted by atomic mass is 16.2. The lowest BCUT2D eigenvalue weighted by molar-refractivity contribution is -0.122. The molecule has 2 amide bonds. The van der Waals surface area contributed by atoms with Gasteiger partial charge in [-0.15, -0.1) is 0 Å². The van der Waals surface area contributed by atoms with Crippen molar-refractivity contribution in [2.24, 2.45) is 17.1 Å². The smallest absolute Gasteiger partial charge is 0.337 e. The van der Waals surface area contributed by atoms with Crippen LogP contribution in [0.15, 0.2) is 29.1 Å². The molecular weight excluding hydrogens is 392 g/mol. The van der Waals surface area contributed by atoms with Crippen molar-refractivity contribution in [1.29, 1.82) is 0 Å². The topological polar surface area (TPSA) is 99.1 Å². The second kappa shape index (κ2) is 11.7. The molecule has 2 aromatic rings. The summed E-state index contributed by atoms with van der Waals surface area (Å²) < 4.78 is 2.69. The monoisotopic (exact) mass is 432 g/mol. The number of primary amides is 1. The summed E-state index contributed by atoms with van der Waals surface area (Å²) in [6.45, 7) is 14.5. The number of para-hydroxylation sites is 2. The Morgan fingerprint density at radius 1 is 1.06 bits per heavy atom. The molecule has 0 aliphatic carbocycles. The number of benzene rings is 1. The molecule has 2 rings (SSSR count). The summed E-state index contributed by atoms with van der Waals surface area (Å²) >= 11 is 0. The minimum absolute atomic E-state index is 0.294. The van der Waals surface area contributed by atoms with Gasteiger partial charge in [-0.05, 0) is 23.5 Å². The van der Waals surface area contributed by atoms with Crippen LogP contribution in [-0.4, -0.2) is 27.1 Å². The third-order valence-electron chi connectivity index (χ3n) is 5.36. The van der Waals surface area contributed by atoms with Gasteiger partial charge in [-0.25, -0.2) is 14.2 Å². The minimum atomic E-state index is -0.890. The van der Waals surface area contributed by atoms with E-state index in [1.807, 2.05) is 12.1 Å². The van der Waals surface area contributed by atoms with Crippen LogP contribution in [0.3, 0.4) is 0 Å². The fourth-order valence-electron chi connectivity index (χ4n) is 3.28. The number of nitrogens with two attached hydrogens (primary N) is 1. The predicted molar refractivity (Wildman–Crippen MR) is 127 cm³/mol. The summed E-state index contributed by atoms with van der Waals surface area (Å²) in [5, 5.41) is 2.62. The van der Waals surface area contributed by atoms with Crippen molar-refractivity contribution in [2.75, 3.05) is 0 Å². The highest BCUT2D eigenvalue weighted by Gasteiger charge is 2.32. The van der Waals surface area contributed by atoms with Gasteiger partial charge in [0, 0.05) is 6.54 Å². The molecule has 2 atom stereocenters. The molecule has 1 aromatic carbocycles. The van der Waals surface area contributed by atoms with E-state index in [0.29, 0.717) is 23.5 Å². The Morgan fingerprint density at radius 3 is 2.03 bits per heavy atom. The first-order chi connectivity index (χ1) is 14.5. The first-order valence-electron chi connectivity index (χ1n) is 11.3. The number of nitrogens with zero attached hydrogens (tertiary/aromatic N) is 2. The molecule has 0 aliphatic heterocycles. The average Bonchev–Trinajstić information content (AvgIpc) is 2.97. The van der Waals surface area contributed by atoms with E-state index in [1.165, 1.54) is 19.3 Å². The van der Waals surface area contributed by atoms with E-state index in [0.717, 1.165) is 11.0 Å². The van der Waals surface area contributed by atoms with Crippen LogP contribution in [0.5, 0.6) is 0 Å². The van der Waals surface area contributed by atoms with Gasteiger partial charge >= 0.3 is 11.7 Å². The van der Waals surface area contributed by atoms with Crippen LogP contribution >= 0.6 is 0 Å². The maximum absolute atomic E-state index is 12.9. The fourth-order valence-corrected chi connectivity index (χ4v) is 3.28. The first-order valence-corrected chi connectivity index (χ1v) is 11.3. The van der Waals surface area contributed by atoms with Gasteiger partial charge in [0.1, 0.15) is 6.04 Å². The third kappa shape index (κ3) is 6.97. The number of fused-ring (bicyclic) bond motifs is 1. The summed E-state index contributed by atoms with van der Waals surface area (Å²) in [4.78, 5) is 37.5. The number of amides is 2. The van der Waals surface area contributed by atoms with Gasteiger partial charge in [0.05, 0.1) is 11.0 Å². The molecular formula is C24H40N4O3. The Bertz CT molecular complexity index is 919. The summed E-state index contributed by atoms with van der Waals surface area (Å²) in [6.07, 6.45) is 5.00. The quantitative estimate of drug-likeness (QED) is 0.673. The van der Waals surface area contributed by atoms with Crippen LogP contribution in [0.25, 0.3) is 11.0 Å². The van der Waals surface area contributed by atoms with Crippen LogP contribution in [0.1, 0.15) is 74.1 Å². The number of hydrogen-bond donors (Lipinski definition) is 2. The van der Waals surface area contributed by atoms with Crippen molar-refractivity contribution in [3.63, 3.8) is 0 Å². The van der Waals surface area contributed by atoms with Crippen molar-refractivity contribution in [1.82, 2.24) is 14.5 Å². The molecule has 174 valence electrons. The van der Waals surface area contributed by atoms with Crippen LogP contribution in [0, 0.1) is 11.3 Å². The van der Waals surface area contributed by atoms with Crippen LogP contribution < -0.4 is 16.7 Å². The second-order valence-corrected chi connectivity index (χ2v) is 9.24. The lowest BCUT2D eigenvalue weighted by Crippen LogP contribution is -2.54. The van der Waals surface area contributed by atoms with Crippen molar-refractivity contribution in [2.45, 2.75) is 86.7 Å². The molecule has 1 aromatic heterocycles. The highest BCUT2D eigenvalue weighted by Crippen LogP contribution is 2.20. The number of carbonyl (C=O) groups excluding carboxylic acids is 2. The van der Waals surface area contributed by atoms with Gasteiger partial charge in [-0.2, -0.15) is 0 Å². The highest BCUT2D eigenvalue weighted by molar-refractivity contribution is 5.92. The molecule has 0 aliphatic rings. The van der Waals surface area contributed by atoms with Crippen molar-refractivity contribution >= 4 is 23.0 Å². The molecule has 0 radical (unpaired) electrons. The zero-order chi connectivity index (χ0) is 23.8. The summed E-state index contributed by atoms with van der Waals surface area (Å²) in [7, 11) is 0. The molecule has 1 heterocycles. The number of rotatable bonds is 7. The number of imidazole rings is 1. The summed E-state index contributed by atoms with van der Waals surface area (Å²) in [5.74, 6) is -0.342. The molecule has 7 heteroatoms. The van der Waals surface area contributed by atoms with Crippen LogP contribution in [0.2, 0.25) is 0 Å². The average molecular weight is 433 g/mol. The van der Waals surface area contributed by atoms with Gasteiger partial charge in [-0.1, -0.05) is 86.3 Å². The lowest BCUT2D eigenvalue weighted by atomic mass is 9.86. The lowest BCUT2D eigenvalue weighted by Gasteiger charge is -2.28. The van der Waals surface area contributed by atoms with Gasteiger partial charge in [0.15, 0.2) is 0 Å². The minimum Gasteiger partial charge on any atom is -0.368 e. The Morgan fingerprint density at radius 2 is 1.61 bits per heavy atom. The molecule has 0 bridgehead atoms. The van der Waals surface area contributed by atoms with E-state index < -0.39 is 29.1 Å². The number of unbranched alkanes of at least 4 members (excludes halogenated alkanes) is 2. The molecule has 31 heavy (non-hydrogen) atoms. The fraction of sp³-hybridized carbons (Fsp3) is 0.625. The molecule has 0 saturated carbocycles. The molecule has 1 unspecified atom stereocenters. The van der Waals surface area contributed by atoms with Crippen molar-refractivity contribution in [3.05, 3.63) is 34.7 Å². The number of nitrogens with one attached hydrogen (secondary N) is 1. The van der Waals surface area contributed by atoms with Crippen molar-refractivity contribution in [3.8, 4) is 0 Å². The Balaban J connectivity index is 0.000000861. The zero-order valence-corrected chi connectivity index (χ0v) is 20.2. The SMILES string of the molecule is CCC(C)Cn1c(=O)n(C(=O)N[C@H](C(N)=O)C(C)(C)C)c2ccccc21.CCCCC. The number of aromatic nitrogens is 2. The Kier molecular flexibility index (Phi) is 10.0. The van der Waals surface area contributed by atoms with E-state index in [9.17, 15) is 14.4 Å². The largest absolute Gasteiger partial charge is 0.368 e. The van der Waals surface area contributed by atoms with E-state index in [2.05, 4.69) is 33.0 Å². The van der Waals surface area contributed by atoms with Gasteiger partial charge in [0.2, 0.25) is 5.91 Å². The number of carbonyl (C=O) groups is 2. The maximum Gasteiger partial charge on any atom is 0.337 e. The normalized spacial score (nSPS) is 13.3. The molecule has 0 saturated heterocycles. The first kappa shape index (κ1) is 26.5. The molecule has 0 fully saturated rings. The molecule has 7 nitrogen and oxygen atoms in total. The van der Waals surface area contributed by atoms with Gasteiger partial charge < -0.3 is 11.1 Å². The predicted octanol–water partition coefficient (Wildman–Crippen LogP) is 4.50. The Labute approximate surface area is 186 Å². The van der Waals surface area contributed by atoms with Gasteiger partial charge in [-0.3, -0.25) is 9.36 Å². The zero-order valence-electron chi connectivity index (χ0n) is 20.2. The second-order valence-electron chi connectivity index (χ2n) is 9.24. The molecule has 0 spiro atoms. The standard InChI is InChI=1S/C19H28N4O3.C5H12/c1-6-12(2)11-22-13-9-7-8-10-14(13)23(18(22)26)17(25)21-15(16(20)24)19(3,4)5;1-3-5-4-2/h7-10,12,15H,6,11H2,1-5H3,(H2,20,24)(H,21,25);3-5H2,1-2H3/t12?,15-;/m1./s1. The summed E-state index contributed by atoms with van der Waals surface area (Å²) in [5.41, 5.74) is 5.66. The van der Waals surface area contributed by atoms with Crippen LogP contribution in [-0.2, 0) is 11.3 Å². The van der Waals surface area contributed by atoms with E-state index in [1.54, 1.807) is 37.5 Å². The van der Waals surface area contributed by atoms with E-state index in [4.69, 9.17) is 5.73 Å². The van der Waals surface area contributed by atoms with Crippen molar-refractivity contribution < 1.29 is 9.59 Å². The molecule has 3 N–H and O–H groups in total. The van der Waals surface area contributed by atoms with E-state index in [-0.39, 0.29) is 0 Å². The van der Waals surface area contributed by atoms with E-state index >= 15 is 0 Å². The third-order valence-corrected chi connectivity index (χ3v) is 5.36. The Hall–Kier alpha value is -2.57.